The smallest absolute Gasteiger partial charge is 0.164 e. The van der Waals surface area contributed by atoms with E-state index in [4.69, 9.17) is 15.0 Å². The molecule has 9 aromatic carbocycles. The molecule has 10 rings (SSSR count). The summed E-state index contributed by atoms with van der Waals surface area (Å²) in [4.78, 5) is 15.8. The van der Waals surface area contributed by atoms with E-state index in [1.807, 2.05) is 6.07 Å². The maximum atomic E-state index is 5.26. The average molecular weight is 688 g/mol. The second kappa shape index (κ2) is 13.4. The zero-order valence-electron chi connectivity index (χ0n) is 29.4. The third-order valence-corrected chi connectivity index (χ3v) is 10.3. The number of benzene rings is 9. The summed E-state index contributed by atoms with van der Waals surface area (Å²) < 4.78 is 0. The van der Waals surface area contributed by atoms with Crippen LogP contribution >= 0.6 is 0 Å². The quantitative estimate of drug-likeness (QED) is 0.163. The highest BCUT2D eigenvalue weighted by Crippen LogP contribution is 2.37. The lowest BCUT2D eigenvalue weighted by molar-refractivity contribution is 1.08. The van der Waals surface area contributed by atoms with Crippen molar-refractivity contribution in [1.82, 2.24) is 15.0 Å². The summed E-state index contributed by atoms with van der Waals surface area (Å²) in [6, 6.07) is 70.6. The van der Waals surface area contributed by atoms with Gasteiger partial charge in [0.15, 0.2) is 17.5 Å². The lowest BCUT2D eigenvalue weighted by Gasteiger charge is -2.14. The Balaban J connectivity index is 1.14. The van der Waals surface area contributed by atoms with E-state index in [-0.39, 0.29) is 0 Å². The molecule has 0 amide bonds. The van der Waals surface area contributed by atoms with Crippen molar-refractivity contribution < 1.29 is 0 Å². The highest BCUT2D eigenvalue weighted by molar-refractivity contribution is 6.13. The predicted molar refractivity (Wildman–Crippen MR) is 225 cm³/mol. The molecule has 0 saturated carbocycles. The van der Waals surface area contributed by atoms with Crippen molar-refractivity contribution in [2.24, 2.45) is 0 Å². The average Bonchev–Trinajstić information content (AvgIpc) is 3.26. The molecule has 0 N–H and O–H groups in total. The first kappa shape index (κ1) is 31.5. The van der Waals surface area contributed by atoms with Gasteiger partial charge in [-0.25, -0.2) is 15.0 Å². The van der Waals surface area contributed by atoms with Crippen LogP contribution in [0.2, 0.25) is 0 Å². The van der Waals surface area contributed by atoms with E-state index in [1.54, 1.807) is 0 Å². The molecular weight excluding hydrogens is 655 g/mol. The van der Waals surface area contributed by atoms with Gasteiger partial charge in [0.1, 0.15) is 0 Å². The van der Waals surface area contributed by atoms with Crippen LogP contribution in [0, 0.1) is 0 Å². The predicted octanol–water partition coefficient (Wildman–Crippen LogP) is 13.3. The monoisotopic (exact) mass is 687 g/mol. The van der Waals surface area contributed by atoms with Crippen LogP contribution in [-0.2, 0) is 0 Å². The summed E-state index contributed by atoms with van der Waals surface area (Å²) >= 11 is 0. The van der Waals surface area contributed by atoms with Gasteiger partial charge >= 0.3 is 0 Å². The Morgan fingerprint density at radius 3 is 1.46 bits per heavy atom. The Hall–Kier alpha value is -7.23. The van der Waals surface area contributed by atoms with Gasteiger partial charge < -0.3 is 0 Å². The van der Waals surface area contributed by atoms with Crippen LogP contribution < -0.4 is 0 Å². The minimum Gasteiger partial charge on any atom is -0.208 e. The molecule has 0 unspecified atom stereocenters. The van der Waals surface area contributed by atoms with Crippen LogP contribution in [0.15, 0.2) is 200 Å². The molecule has 3 heteroatoms. The summed E-state index contributed by atoms with van der Waals surface area (Å²) in [5.41, 5.74) is 9.73. The van der Waals surface area contributed by atoms with Crippen molar-refractivity contribution in [3.63, 3.8) is 0 Å². The third-order valence-electron chi connectivity index (χ3n) is 10.3. The molecule has 0 atom stereocenters. The summed E-state index contributed by atoms with van der Waals surface area (Å²) in [7, 11) is 0. The molecule has 0 aliphatic carbocycles. The van der Waals surface area contributed by atoms with E-state index in [0.29, 0.717) is 17.5 Å². The van der Waals surface area contributed by atoms with E-state index >= 15 is 0 Å². The zero-order valence-corrected chi connectivity index (χ0v) is 29.4. The van der Waals surface area contributed by atoms with Crippen LogP contribution in [0.25, 0.3) is 99.9 Å². The van der Waals surface area contributed by atoms with E-state index < -0.39 is 0 Å². The number of aromatic nitrogens is 3. The minimum atomic E-state index is 0.630. The normalized spacial score (nSPS) is 11.3. The van der Waals surface area contributed by atoms with Crippen LogP contribution in [0.1, 0.15) is 0 Å². The highest BCUT2D eigenvalue weighted by atomic mass is 15.0. The molecule has 0 saturated heterocycles. The Kier molecular flexibility index (Phi) is 7.81. The maximum Gasteiger partial charge on any atom is 0.164 e. The molecule has 0 aliphatic heterocycles. The van der Waals surface area contributed by atoms with Gasteiger partial charge in [-0.1, -0.05) is 176 Å². The van der Waals surface area contributed by atoms with Crippen molar-refractivity contribution in [3.8, 4) is 67.5 Å². The SMILES string of the molecule is c1ccc(-c2ccc3cc(-c4cccc(-c5nc(-c6ccccc6-c6ccccc6)nc(-c6cc7ccccc7c7ccccc67)n5)c4)ccc3c2)cc1. The minimum absolute atomic E-state index is 0.630. The summed E-state index contributed by atoms with van der Waals surface area (Å²) in [6.45, 7) is 0. The first-order chi connectivity index (χ1) is 26.7. The van der Waals surface area contributed by atoms with Crippen LogP contribution in [0.3, 0.4) is 0 Å². The number of hydrogen-bond acceptors (Lipinski definition) is 3. The van der Waals surface area contributed by atoms with Gasteiger partial charge in [-0.3, -0.25) is 0 Å². The molecule has 10 aromatic rings. The van der Waals surface area contributed by atoms with Crippen molar-refractivity contribution in [3.05, 3.63) is 200 Å². The summed E-state index contributed by atoms with van der Waals surface area (Å²) in [5.74, 6) is 1.91. The van der Waals surface area contributed by atoms with Gasteiger partial charge in [0.2, 0.25) is 0 Å². The van der Waals surface area contributed by atoms with Crippen LogP contribution in [0.4, 0.5) is 0 Å². The second-order valence-corrected chi connectivity index (χ2v) is 13.6. The fraction of sp³-hybridized carbons (Fsp3) is 0. The molecule has 1 heterocycles. The van der Waals surface area contributed by atoms with Gasteiger partial charge in [0.05, 0.1) is 0 Å². The zero-order chi connectivity index (χ0) is 35.8. The lowest BCUT2D eigenvalue weighted by atomic mass is 9.96. The van der Waals surface area contributed by atoms with Crippen LogP contribution in [0.5, 0.6) is 0 Å². The van der Waals surface area contributed by atoms with Crippen molar-refractivity contribution in [1.29, 1.82) is 0 Å². The van der Waals surface area contributed by atoms with E-state index in [0.717, 1.165) is 49.7 Å². The molecule has 0 spiro atoms. The molecule has 1 aromatic heterocycles. The molecule has 0 radical (unpaired) electrons. The topological polar surface area (TPSA) is 38.7 Å². The molecule has 0 fully saturated rings. The van der Waals surface area contributed by atoms with Crippen molar-refractivity contribution >= 4 is 32.3 Å². The number of nitrogens with zero attached hydrogens (tertiary/aromatic N) is 3. The van der Waals surface area contributed by atoms with E-state index in [2.05, 4.69) is 194 Å². The van der Waals surface area contributed by atoms with Gasteiger partial charge in [0, 0.05) is 16.7 Å². The number of fused-ring (bicyclic) bond motifs is 4. The number of hydrogen-bond donors (Lipinski definition) is 0. The lowest BCUT2D eigenvalue weighted by Crippen LogP contribution is -2.01. The summed E-state index contributed by atoms with van der Waals surface area (Å²) in [5, 5.41) is 7.04. The standard InChI is InChI=1S/C51H33N3/c1-3-14-34(15-4-1)37-26-27-40-31-38(28-29-39(40)30-37)36-19-13-20-42(32-36)49-52-50(47-25-12-9-21-43(47)35-16-5-2-6-17-35)54-51(53-49)48-33-41-18-7-8-22-44(41)45-23-10-11-24-46(45)48/h1-33H. The van der Waals surface area contributed by atoms with E-state index in [1.165, 1.54) is 32.7 Å². The molecule has 252 valence electrons. The van der Waals surface area contributed by atoms with Crippen LogP contribution in [-0.4, -0.2) is 15.0 Å². The largest absolute Gasteiger partial charge is 0.208 e. The molecular formula is C51H33N3. The Labute approximate surface area is 313 Å². The van der Waals surface area contributed by atoms with Gasteiger partial charge in [-0.2, -0.15) is 0 Å². The Morgan fingerprint density at radius 2 is 0.722 bits per heavy atom. The first-order valence-corrected chi connectivity index (χ1v) is 18.3. The molecule has 3 nitrogen and oxygen atoms in total. The summed E-state index contributed by atoms with van der Waals surface area (Å²) in [6.07, 6.45) is 0. The first-order valence-electron chi connectivity index (χ1n) is 18.3. The fourth-order valence-electron chi connectivity index (χ4n) is 7.61. The van der Waals surface area contributed by atoms with E-state index in [9.17, 15) is 0 Å². The van der Waals surface area contributed by atoms with Gasteiger partial charge in [0.25, 0.3) is 0 Å². The van der Waals surface area contributed by atoms with Crippen molar-refractivity contribution in [2.75, 3.05) is 0 Å². The Bertz CT molecular complexity index is 2990. The second-order valence-electron chi connectivity index (χ2n) is 13.6. The molecule has 0 aliphatic rings. The van der Waals surface area contributed by atoms with Crippen molar-refractivity contribution in [2.45, 2.75) is 0 Å². The molecule has 0 bridgehead atoms. The highest BCUT2D eigenvalue weighted by Gasteiger charge is 2.18. The Morgan fingerprint density at radius 1 is 0.222 bits per heavy atom. The van der Waals surface area contributed by atoms with Gasteiger partial charge in [-0.15, -0.1) is 0 Å². The van der Waals surface area contributed by atoms with Gasteiger partial charge in [-0.05, 0) is 90.0 Å². The third kappa shape index (κ3) is 5.78. The number of rotatable bonds is 6. The fourth-order valence-corrected chi connectivity index (χ4v) is 7.61. The molecule has 54 heavy (non-hydrogen) atoms. The maximum absolute atomic E-state index is 5.26.